The first kappa shape index (κ1) is 20.6. The Bertz CT molecular complexity index is 1020. The SMILES string of the molecule is Cc1nc([C@@]2(O)CCCN(C(=O)c3cnn(C)c3)CC2)sc1COc1ccccc1. The van der Waals surface area contributed by atoms with Gasteiger partial charge in [0.1, 0.15) is 23.0 Å². The molecule has 1 fully saturated rings. The van der Waals surface area contributed by atoms with E-state index in [9.17, 15) is 9.90 Å². The highest BCUT2D eigenvalue weighted by atomic mass is 32.1. The molecule has 0 saturated carbocycles. The van der Waals surface area contributed by atoms with Gasteiger partial charge in [0.05, 0.1) is 22.3 Å². The number of amides is 1. The van der Waals surface area contributed by atoms with Crippen molar-refractivity contribution >= 4 is 17.2 Å². The van der Waals surface area contributed by atoms with Crippen LogP contribution in [0.5, 0.6) is 5.75 Å². The fraction of sp³-hybridized carbons (Fsp3) is 0.409. The van der Waals surface area contributed by atoms with Crippen LogP contribution in [0, 0.1) is 6.92 Å². The average Bonchev–Trinajstić information content (AvgIpc) is 3.29. The summed E-state index contributed by atoms with van der Waals surface area (Å²) >= 11 is 1.50. The first-order valence-corrected chi connectivity index (χ1v) is 10.9. The summed E-state index contributed by atoms with van der Waals surface area (Å²) in [6.45, 7) is 3.47. The molecule has 1 amide bonds. The highest BCUT2D eigenvalue weighted by Crippen LogP contribution is 2.37. The van der Waals surface area contributed by atoms with Crippen molar-refractivity contribution in [1.82, 2.24) is 19.7 Å². The van der Waals surface area contributed by atoms with Crippen LogP contribution in [0.2, 0.25) is 0 Å². The molecule has 1 atom stereocenters. The van der Waals surface area contributed by atoms with Crippen LogP contribution in [-0.2, 0) is 19.3 Å². The smallest absolute Gasteiger partial charge is 0.257 e. The van der Waals surface area contributed by atoms with E-state index in [1.54, 1.807) is 29.0 Å². The lowest BCUT2D eigenvalue weighted by Gasteiger charge is -2.24. The number of hydrogen-bond donors (Lipinski definition) is 1. The van der Waals surface area contributed by atoms with E-state index >= 15 is 0 Å². The molecule has 1 saturated heterocycles. The lowest BCUT2D eigenvalue weighted by atomic mass is 9.96. The Morgan fingerprint density at radius 1 is 1.27 bits per heavy atom. The van der Waals surface area contributed by atoms with Crippen molar-refractivity contribution in [3.05, 3.63) is 63.9 Å². The molecule has 3 heterocycles. The molecule has 0 unspecified atom stereocenters. The number of nitrogens with zero attached hydrogens (tertiary/aromatic N) is 4. The Kier molecular flexibility index (Phi) is 5.87. The van der Waals surface area contributed by atoms with Gasteiger partial charge in [0.15, 0.2) is 0 Å². The zero-order valence-electron chi connectivity index (χ0n) is 17.2. The Labute approximate surface area is 179 Å². The molecule has 1 aromatic carbocycles. The zero-order valence-corrected chi connectivity index (χ0v) is 18.1. The van der Waals surface area contributed by atoms with Crippen LogP contribution in [0.25, 0.3) is 0 Å². The summed E-state index contributed by atoms with van der Waals surface area (Å²) < 4.78 is 7.48. The molecule has 1 aliphatic rings. The van der Waals surface area contributed by atoms with Gasteiger partial charge in [0, 0.05) is 32.8 Å². The van der Waals surface area contributed by atoms with E-state index in [0.717, 1.165) is 22.7 Å². The van der Waals surface area contributed by atoms with E-state index in [-0.39, 0.29) is 5.91 Å². The normalized spacial score (nSPS) is 19.5. The van der Waals surface area contributed by atoms with Crippen molar-refractivity contribution in [2.75, 3.05) is 13.1 Å². The minimum absolute atomic E-state index is 0.0420. The molecule has 4 rings (SSSR count). The van der Waals surface area contributed by atoms with Crippen LogP contribution in [-0.4, -0.2) is 43.8 Å². The van der Waals surface area contributed by atoms with Crippen molar-refractivity contribution in [2.24, 2.45) is 7.05 Å². The van der Waals surface area contributed by atoms with Crippen molar-refractivity contribution in [2.45, 2.75) is 38.4 Å². The summed E-state index contributed by atoms with van der Waals surface area (Å²) in [5.41, 5.74) is 0.435. The second-order valence-corrected chi connectivity index (χ2v) is 8.79. The lowest BCUT2D eigenvalue weighted by Crippen LogP contribution is -2.33. The Balaban J connectivity index is 1.44. The van der Waals surface area contributed by atoms with Gasteiger partial charge in [-0.3, -0.25) is 9.48 Å². The number of carbonyl (C=O) groups excluding carboxylic acids is 1. The third-order valence-corrected chi connectivity index (χ3v) is 6.78. The minimum Gasteiger partial charge on any atom is -0.488 e. The highest BCUT2D eigenvalue weighted by Gasteiger charge is 2.36. The van der Waals surface area contributed by atoms with Gasteiger partial charge in [-0.2, -0.15) is 5.10 Å². The molecular weight excluding hydrogens is 400 g/mol. The standard InChI is InChI=1S/C22H26N4O3S/c1-16-19(15-29-18-7-4-3-5-8-18)30-21(24-16)22(28)9-6-11-26(12-10-22)20(27)17-13-23-25(2)14-17/h3-5,7-8,13-14,28H,6,9-12,15H2,1-2H3/t22-/m1/s1. The molecule has 1 N–H and O–H groups in total. The number of ether oxygens (including phenoxy) is 1. The molecular formula is C22H26N4O3S. The van der Waals surface area contributed by atoms with E-state index < -0.39 is 5.60 Å². The third-order valence-electron chi connectivity index (χ3n) is 5.46. The Morgan fingerprint density at radius 2 is 2.07 bits per heavy atom. The van der Waals surface area contributed by atoms with Crippen LogP contribution >= 0.6 is 11.3 Å². The number of rotatable bonds is 5. The minimum atomic E-state index is -1.02. The van der Waals surface area contributed by atoms with Crippen LogP contribution in [0.4, 0.5) is 0 Å². The summed E-state index contributed by atoms with van der Waals surface area (Å²) in [7, 11) is 1.79. The van der Waals surface area contributed by atoms with Gasteiger partial charge in [-0.1, -0.05) is 18.2 Å². The van der Waals surface area contributed by atoms with E-state index in [4.69, 9.17) is 4.74 Å². The fourth-order valence-electron chi connectivity index (χ4n) is 3.68. The van der Waals surface area contributed by atoms with Gasteiger partial charge < -0.3 is 14.7 Å². The molecule has 8 heteroatoms. The second kappa shape index (κ2) is 8.57. The first-order chi connectivity index (χ1) is 14.4. The Hall–Kier alpha value is -2.71. The first-order valence-electron chi connectivity index (χ1n) is 10.1. The molecule has 158 valence electrons. The topological polar surface area (TPSA) is 80.5 Å². The number of para-hydroxylation sites is 1. The van der Waals surface area contributed by atoms with E-state index in [0.29, 0.717) is 43.1 Å². The van der Waals surface area contributed by atoms with E-state index in [2.05, 4.69) is 10.1 Å². The molecule has 0 aliphatic carbocycles. The van der Waals surface area contributed by atoms with Gasteiger partial charge in [0.2, 0.25) is 0 Å². The number of aliphatic hydroxyl groups is 1. The number of carbonyl (C=O) groups is 1. The van der Waals surface area contributed by atoms with E-state index in [1.807, 2.05) is 37.3 Å². The number of hydrogen-bond acceptors (Lipinski definition) is 6. The number of benzene rings is 1. The predicted octanol–water partition coefficient (Wildman–Crippen LogP) is 3.28. The maximum Gasteiger partial charge on any atom is 0.257 e. The third kappa shape index (κ3) is 4.39. The van der Waals surface area contributed by atoms with Gasteiger partial charge in [-0.15, -0.1) is 11.3 Å². The molecule has 0 spiro atoms. The van der Waals surface area contributed by atoms with Crippen molar-refractivity contribution in [3.63, 3.8) is 0 Å². The number of likely N-dealkylation sites (tertiary alicyclic amines) is 1. The number of aromatic nitrogens is 3. The second-order valence-electron chi connectivity index (χ2n) is 7.71. The molecule has 0 radical (unpaired) electrons. The monoisotopic (exact) mass is 426 g/mol. The number of thiazole rings is 1. The van der Waals surface area contributed by atoms with Gasteiger partial charge >= 0.3 is 0 Å². The zero-order chi connectivity index (χ0) is 21.1. The maximum absolute atomic E-state index is 12.8. The molecule has 1 aliphatic heterocycles. The Morgan fingerprint density at radius 3 is 2.80 bits per heavy atom. The lowest BCUT2D eigenvalue weighted by molar-refractivity contribution is 0.0209. The van der Waals surface area contributed by atoms with E-state index in [1.165, 1.54) is 11.3 Å². The fourth-order valence-corrected chi connectivity index (χ4v) is 4.80. The molecule has 30 heavy (non-hydrogen) atoms. The number of aryl methyl sites for hydroxylation is 2. The van der Waals surface area contributed by atoms with Crippen LogP contribution in [0.3, 0.4) is 0 Å². The van der Waals surface area contributed by atoms with Gasteiger partial charge in [-0.25, -0.2) is 4.98 Å². The highest BCUT2D eigenvalue weighted by molar-refractivity contribution is 7.11. The van der Waals surface area contributed by atoms with Crippen LogP contribution in [0.15, 0.2) is 42.7 Å². The predicted molar refractivity (Wildman–Crippen MR) is 114 cm³/mol. The van der Waals surface area contributed by atoms with Gasteiger partial charge in [-0.05, 0) is 31.9 Å². The molecule has 3 aromatic rings. The largest absolute Gasteiger partial charge is 0.488 e. The molecule has 2 aromatic heterocycles. The molecule has 7 nitrogen and oxygen atoms in total. The average molecular weight is 427 g/mol. The van der Waals surface area contributed by atoms with Crippen LogP contribution in [0.1, 0.15) is 45.2 Å². The summed E-state index contributed by atoms with van der Waals surface area (Å²) in [5.74, 6) is 0.768. The van der Waals surface area contributed by atoms with Crippen molar-refractivity contribution in [3.8, 4) is 5.75 Å². The summed E-state index contributed by atoms with van der Waals surface area (Å²) in [6, 6.07) is 9.67. The van der Waals surface area contributed by atoms with Crippen LogP contribution < -0.4 is 4.74 Å². The maximum atomic E-state index is 12.8. The summed E-state index contributed by atoms with van der Waals surface area (Å²) in [5, 5.41) is 16.2. The quantitative estimate of drug-likeness (QED) is 0.677. The summed E-state index contributed by atoms with van der Waals surface area (Å²) in [6.07, 6.45) is 5.07. The van der Waals surface area contributed by atoms with Crippen molar-refractivity contribution in [1.29, 1.82) is 0 Å². The summed E-state index contributed by atoms with van der Waals surface area (Å²) in [4.78, 5) is 20.2. The molecule has 0 bridgehead atoms. The van der Waals surface area contributed by atoms with Crippen molar-refractivity contribution < 1.29 is 14.6 Å². The van der Waals surface area contributed by atoms with Gasteiger partial charge in [0.25, 0.3) is 5.91 Å².